The third kappa shape index (κ3) is 4.00. The van der Waals surface area contributed by atoms with Crippen molar-refractivity contribution in [1.82, 2.24) is 4.90 Å². The molecular weight excluding hydrogens is 388 g/mol. The summed E-state index contributed by atoms with van der Waals surface area (Å²) >= 11 is 1.40. The Balaban J connectivity index is 1.60. The van der Waals surface area contributed by atoms with E-state index in [-0.39, 0.29) is 28.7 Å². The van der Waals surface area contributed by atoms with Crippen LogP contribution in [0.1, 0.15) is 18.4 Å². The van der Waals surface area contributed by atoms with Crippen molar-refractivity contribution in [3.63, 3.8) is 0 Å². The summed E-state index contributed by atoms with van der Waals surface area (Å²) in [5.41, 5.74) is 0.983. The third-order valence-corrected chi connectivity index (χ3v) is 8.32. The summed E-state index contributed by atoms with van der Waals surface area (Å²) in [6.45, 7) is 1.07. The predicted molar refractivity (Wildman–Crippen MR) is 104 cm³/mol. The van der Waals surface area contributed by atoms with Gasteiger partial charge in [0.25, 0.3) is 5.91 Å². The van der Waals surface area contributed by atoms with Gasteiger partial charge in [0.1, 0.15) is 11.9 Å². The van der Waals surface area contributed by atoms with Gasteiger partial charge >= 0.3 is 0 Å². The molecule has 0 unspecified atom stereocenters. The zero-order valence-corrected chi connectivity index (χ0v) is 16.7. The first-order valence-corrected chi connectivity index (χ1v) is 11.7. The number of fused-ring (bicyclic) bond motifs is 1. The van der Waals surface area contributed by atoms with Gasteiger partial charge in [-0.2, -0.15) is 4.99 Å². The molecule has 0 aromatic heterocycles. The van der Waals surface area contributed by atoms with Crippen molar-refractivity contribution in [1.29, 1.82) is 0 Å². The highest BCUT2D eigenvalue weighted by Crippen LogP contribution is 2.39. The summed E-state index contributed by atoms with van der Waals surface area (Å²) < 4.78 is 34.9. The van der Waals surface area contributed by atoms with Gasteiger partial charge in [-0.25, -0.2) is 8.42 Å². The molecule has 146 valence electrons. The first kappa shape index (κ1) is 18.8. The number of aliphatic imine (C=N–C) groups is 1. The van der Waals surface area contributed by atoms with Crippen LogP contribution in [0.5, 0.6) is 5.75 Å². The largest absolute Gasteiger partial charge is 0.497 e. The SMILES string of the molecule is COc1cccc(CN2C(=NC(=O)[C@H]3CCCO3)S[C@@H]3CS(=O)(=O)C[C@@H]32)c1. The fourth-order valence-corrected chi connectivity index (χ4v) is 7.68. The van der Waals surface area contributed by atoms with Crippen LogP contribution in [0.15, 0.2) is 29.3 Å². The number of thioether (sulfide) groups is 1. The average Bonchev–Trinajstić information content (AvgIpc) is 3.32. The van der Waals surface area contributed by atoms with E-state index in [1.54, 1.807) is 7.11 Å². The predicted octanol–water partition coefficient (Wildman–Crippen LogP) is 1.47. The lowest BCUT2D eigenvalue weighted by Gasteiger charge is -2.24. The van der Waals surface area contributed by atoms with E-state index in [9.17, 15) is 13.2 Å². The van der Waals surface area contributed by atoms with Crippen LogP contribution in [-0.2, 0) is 25.9 Å². The van der Waals surface area contributed by atoms with E-state index >= 15 is 0 Å². The van der Waals surface area contributed by atoms with E-state index in [1.165, 1.54) is 11.8 Å². The van der Waals surface area contributed by atoms with E-state index in [2.05, 4.69) is 4.99 Å². The van der Waals surface area contributed by atoms with Crippen LogP contribution in [0, 0.1) is 0 Å². The lowest BCUT2D eigenvalue weighted by atomic mass is 10.1. The molecule has 0 radical (unpaired) electrons. The highest BCUT2D eigenvalue weighted by atomic mass is 32.2. The van der Waals surface area contributed by atoms with E-state index in [0.717, 1.165) is 17.7 Å². The number of amidine groups is 1. The molecule has 0 saturated carbocycles. The summed E-state index contributed by atoms with van der Waals surface area (Å²) in [6, 6.07) is 7.47. The number of ether oxygens (including phenoxy) is 2. The highest BCUT2D eigenvalue weighted by Gasteiger charge is 2.48. The van der Waals surface area contributed by atoms with Gasteiger partial charge in [0.05, 0.1) is 24.7 Å². The fraction of sp³-hybridized carbons (Fsp3) is 0.556. The Hall–Kier alpha value is -1.58. The number of benzene rings is 1. The average molecular weight is 411 g/mol. The molecule has 7 nitrogen and oxygen atoms in total. The topological polar surface area (TPSA) is 85.3 Å². The van der Waals surface area contributed by atoms with Gasteiger partial charge in [0, 0.05) is 18.4 Å². The molecule has 1 aromatic rings. The number of carbonyl (C=O) groups excluding carboxylic acids is 1. The zero-order chi connectivity index (χ0) is 19.0. The third-order valence-electron chi connectivity index (χ3n) is 5.07. The number of hydrogen-bond acceptors (Lipinski definition) is 6. The Morgan fingerprint density at radius 1 is 1.41 bits per heavy atom. The summed E-state index contributed by atoms with van der Waals surface area (Å²) in [5, 5.41) is 0.514. The maximum atomic E-state index is 12.5. The van der Waals surface area contributed by atoms with Gasteiger partial charge in [-0.1, -0.05) is 23.9 Å². The number of sulfone groups is 1. The molecule has 4 rings (SSSR count). The first-order valence-electron chi connectivity index (χ1n) is 8.96. The van der Waals surface area contributed by atoms with Crippen molar-refractivity contribution in [3.8, 4) is 5.75 Å². The van der Waals surface area contributed by atoms with Gasteiger partial charge < -0.3 is 14.4 Å². The van der Waals surface area contributed by atoms with Crippen LogP contribution in [0.25, 0.3) is 0 Å². The van der Waals surface area contributed by atoms with Gasteiger partial charge in [0.2, 0.25) is 0 Å². The molecule has 1 aromatic carbocycles. The lowest BCUT2D eigenvalue weighted by Crippen LogP contribution is -2.37. The minimum atomic E-state index is -3.06. The Morgan fingerprint density at radius 3 is 3.00 bits per heavy atom. The molecular formula is C18H22N2O5S2. The molecule has 0 spiro atoms. The Labute approximate surface area is 163 Å². The molecule has 27 heavy (non-hydrogen) atoms. The smallest absolute Gasteiger partial charge is 0.277 e. The van der Waals surface area contributed by atoms with E-state index in [4.69, 9.17) is 9.47 Å². The second kappa shape index (κ2) is 7.44. The number of rotatable bonds is 4. The number of carbonyl (C=O) groups is 1. The Morgan fingerprint density at radius 2 is 2.26 bits per heavy atom. The Bertz CT molecular complexity index is 864. The van der Waals surface area contributed by atoms with Crippen LogP contribution in [-0.4, -0.2) is 67.0 Å². The fourth-order valence-electron chi connectivity index (χ4n) is 3.73. The minimum absolute atomic E-state index is 0.0864. The number of amides is 1. The van der Waals surface area contributed by atoms with Crippen LogP contribution in [0.3, 0.4) is 0 Å². The molecule has 3 aliphatic heterocycles. The minimum Gasteiger partial charge on any atom is -0.497 e. The normalized spacial score (nSPS) is 30.6. The van der Waals surface area contributed by atoms with E-state index in [1.807, 2.05) is 29.2 Å². The molecule has 0 N–H and O–H groups in total. The number of methoxy groups -OCH3 is 1. The molecule has 3 fully saturated rings. The van der Waals surface area contributed by atoms with Crippen LogP contribution >= 0.6 is 11.8 Å². The Kier molecular flexibility index (Phi) is 5.17. The van der Waals surface area contributed by atoms with Gasteiger partial charge in [-0.15, -0.1) is 0 Å². The second-order valence-electron chi connectivity index (χ2n) is 7.01. The lowest BCUT2D eigenvalue weighted by molar-refractivity contribution is -0.126. The van der Waals surface area contributed by atoms with E-state index in [0.29, 0.717) is 24.7 Å². The van der Waals surface area contributed by atoms with Crippen molar-refractivity contribution in [2.24, 2.45) is 4.99 Å². The second-order valence-corrected chi connectivity index (χ2v) is 10.4. The standard InChI is InChI=1S/C18H22N2O5S2/c1-24-13-5-2-4-12(8-13)9-20-14-10-27(22,23)11-16(14)26-18(20)19-17(21)15-6-3-7-25-15/h2,4-5,8,14-16H,3,6-7,9-11H2,1H3/t14-,15+,16+/m0/s1. The van der Waals surface area contributed by atoms with Crippen molar-refractivity contribution < 1.29 is 22.7 Å². The van der Waals surface area contributed by atoms with Crippen LogP contribution in [0.2, 0.25) is 0 Å². The number of hydrogen-bond donors (Lipinski definition) is 0. The van der Waals surface area contributed by atoms with Crippen molar-refractivity contribution >= 4 is 32.7 Å². The monoisotopic (exact) mass is 410 g/mol. The maximum absolute atomic E-state index is 12.5. The van der Waals surface area contributed by atoms with E-state index < -0.39 is 15.9 Å². The molecule has 0 aliphatic carbocycles. The van der Waals surface area contributed by atoms with Gasteiger partial charge in [-0.05, 0) is 30.5 Å². The maximum Gasteiger partial charge on any atom is 0.277 e. The van der Waals surface area contributed by atoms with Crippen LogP contribution in [0.4, 0.5) is 0 Å². The van der Waals surface area contributed by atoms with Crippen molar-refractivity contribution in [3.05, 3.63) is 29.8 Å². The zero-order valence-electron chi connectivity index (χ0n) is 15.0. The quantitative estimate of drug-likeness (QED) is 0.743. The molecule has 3 aliphatic rings. The molecule has 3 heterocycles. The van der Waals surface area contributed by atoms with Gasteiger partial charge in [0.15, 0.2) is 15.0 Å². The summed E-state index contributed by atoms with van der Waals surface area (Å²) in [6.07, 6.45) is 1.09. The molecule has 3 atom stereocenters. The summed E-state index contributed by atoms with van der Waals surface area (Å²) in [7, 11) is -1.45. The molecule has 1 amide bonds. The van der Waals surface area contributed by atoms with Gasteiger partial charge in [-0.3, -0.25) is 4.79 Å². The molecule has 3 saturated heterocycles. The highest BCUT2D eigenvalue weighted by molar-refractivity contribution is 8.15. The van der Waals surface area contributed by atoms with Crippen molar-refractivity contribution in [2.45, 2.75) is 36.8 Å². The summed E-state index contributed by atoms with van der Waals surface area (Å²) in [5.74, 6) is 0.698. The molecule has 9 heteroatoms. The summed E-state index contributed by atoms with van der Waals surface area (Å²) in [4.78, 5) is 18.7. The van der Waals surface area contributed by atoms with Crippen molar-refractivity contribution in [2.75, 3.05) is 25.2 Å². The molecule has 0 bridgehead atoms. The number of nitrogens with zero attached hydrogens (tertiary/aromatic N) is 2. The first-order chi connectivity index (χ1) is 12.9. The van der Waals surface area contributed by atoms with Crippen LogP contribution < -0.4 is 4.74 Å².